The number of hydrogen-bond acceptors (Lipinski definition) is 4. The van der Waals surface area contributed by atoms with Crippen LogP contribution in [0, 0.1) is 0 Å². The number of rotatable bonds is 0. The van der Waals surface area contributed by atoms with Crippen molar-refractivity contribution in [2.24, 2.45) is 0 Å². The average Bonchev–Trinajstić information content (AvgIpc) is 1.36. The number of hydrogen-bond donors (Lipinski definition) is 0. The Kier molecular flexibility index (Phi) is 5.22. The van der Waals surface area contributed by atoms with Gasteiger partial charge in [0.25, 0.3) is 0 Å². The Hall–Kier alpha value is -0.437. The molecule has 4 nitrogen and oxygen atoms in total. The Morgan fingerprint density at radius 1 is 1.00 bits per heavy atom. The van der Waals surface area contributed by atoms with Crippen LogP contribution in [0.3, 0.4) is 0 Å². The van der Waals surface area contributed by atoms with Crippen molar-refractivity contribution >= 4 is 11.9 Å². The van der Waals surface area contributed by atoms with E-state index in [0.29, 0.717) is 0 Å². The van der Waals surface area contributed by atoms with Crippen LogP contribution >= 0.6 is 0 Å². The number of carboxylic acids is 2. The summed E-state index contributed by atoms with van der Waals surface area (Å²) in [5.41, 5.74) is 0. The van der Waals surface area contributed by atoms with Crippen molar-refractivity contribution in [2.75, 3.05) is 0 Å². The van der Waals surface area contributed by atoms with Gasteiger partial charge >= 0.3 is 19.5 Å². The van der Waals surface area contributed by atoms with Crippen LogP contribution in [0.15, 0.2) is 0 Å². The first-order valence-electron chi connectivity index (χ1n) is 1.07. The molecule has 34 valence electrons. The maximum Gasteiger partial charge on any atom is 2.00 e. The molecule has 0 bridgehead atoms. The van der Waals surface area contributed by atoms with Crippen LogP contribution in [0.1, 0.15) is 0 Å². The van der Waals surface area contributed by atoms with Gasteiger partial charge in [0.05, 0.1) is 11.9 Å². The quantitative estimate of drug-likeness (QED) is 0.267. The van der Waals surface area contributed by atoms with E-state index in [9.17, 15) is 0 Å². The topological polar surface area (TPSA) is 80.3 Å². The SMILES string of the molecule is O=C([O-])C(=O)[O-].[Zn+2]. The second-order valence-electron chi connectivity index (χ2n) is 0.575. The van der Waals surface area contributed by atoms with Crippen LogP contribution in [-0.2, 0) is 29.1 Å². The minimum absolute atomic E-state index is 0. The van der Waals surface area contributed by atoms with Crippen LogP contribution in [0.2, 0.25) is 0 Å². The normalized spacial score (nSPS) is 6.29. The fraction of sp³-hybridized carbons (Fsp3) is 0. The molecule has 0 rings (SSSR count). The second-order valence-corrected chi connectivity index (χ2v) is 0.575. The van der Waals surface area contributed by atoms with Gasteiger partial charge in [-0.2, -0.15) is 0 Å². The third-order valence-electron chi connectivity index (χ3n) is 0.167. The third kappa shape index (κ3) is 5.56. The van der Waals surface area contributed by atoms with Crippen molar-refractivity contribution in [3.8, 4) is 0 Å². The van der Waals surface area contributed by atoms with Crippen molar-refractivity contribution in [1.82, 2.24) is 0 Å². The minimum Gasteiger partial charge on any atom is -0.543 e. The Morgan fingerprint density at radius 3 is 1.14 bits per heavy atom. The molecule has 0 saturated carbocycles. The van der Waals surface area contributed by atoms with E-state index in [1.54, 1.807) is 0 Å². The summed E-state index contributed by atoms with van der Waals surface area (Å²) in [5, 5.41) is 17.9. The van der Waals surface area contributed by atoms with E-state index in [2.05, 4.69) is 0 Å². The largest absolute Gasteiger partial charge is 2.00 e. The van der Waals surface area contributed by atoms with Gasteiger partial charge in [-0.05, 0) is 0 Å². The predicted octanol–water partition coefficient (Wildman–Crippen LogP) is -3.52. The van der Waals surface area contributed by atoms with Crippen LogP contribution in [-0.4, -0.2) is 11.9 Å². The maximum absolute atomic E-state index is 8.93. The van der Waals surface area contributed by atoms with Gasteiger partial charge in [0.2, 0.25) is 0 Å². The monoisotopic (exact) mass is 152 g/mol. The molecule has 0 spiro atoms. The predicted molar refractivity (Wildman–Crippen MR) is 10.0 cm³/mol. The molecule has 0 radical (unpaired) electrons. The zero-order valence-electron chi connectivity index (χ0n) is 3.34. The van der Waals surface area contributed by atoms with Crippen LogP contribution in [0.25, 0.3) is 0 Å². The molecule has 0 saturated heterocycles. The van der Waals surface area contributed by atoms with E-state index in [0.717, 1.165) is 0 Å². The second kappa shape index (κ2) is 3.74. The summed E-state index contributed by atoms with van der Waals surface area (Å²) in [6, 6.07) is 0. The zero-order chi connectivity index (χ0) is 5.15. The Morgan fingerprint density at radius 2 is 1.14 bits per heavy atom. The van der Waals surface area contributed by atoms with Crippen molar-refractivity contribution in [3.05, 3.63) is 0 Å². The molecule has 0 aromatic carbocycles. The molecule has 0 aromatic heterocycles. The van der Waals surface area contributed by atoms with Gasteiger partial charge in [-0.1, -0.05) is 0 Å². The number of carbonyl (C=O) groups is 2. The molecule has 0 amide bonds. The molecular weight excluding hydrogens is 153 g/mol. The standard InChI is InChI=1S/C2H2O4.Zn/c3-1(4)2(5)6;/h(H,3,4)(H,5,6);/q;+2/p-2. The summed E-state index contributed by atoms with van der Waals surface area (Å²) in [5.74, 6) is -4.37. The summed E-state index contributed by atoms with van der Waals surface area (Å²) in [6.07, 6.45) is 0. The van der Waals surface area contributed by atoms with Gasteiger partial charge in [0, 0.05) is 0 Å². The van der Waals surface area contributed by atoms with Gasteiger partial charge < -0.3 is 19.8 Å². The molecule has 0 N–H and O–H groups in total. The molecule has 0 aliphatic heterocycles. The van der Waals surface area contributed by atoms with Gasteiger partial charge in [0.1, 0.15) is 0 Å². The Labute approximate surface area is 51.9 Å². The molecular formula is C2O4Zn. The number of carbonyl (C=O) groups excluding carboxylic acids is 2. The first-order chi connectivity index (χ1) is 2.64. The van der Waals surface area contributed by atoms with Crippen LogP contribution < -0.4 is 10.2 Å². The Bertz CT molecular complexity index is 75.7. The molecule has 0 aromatic rings. The first kappa shape index (κ1) is 9.76. The number of carboxylic acid groups (broad SMARTS) is 2. The average molecular weight is 153 g/mol. The van der Waals surface area contributed by atoms with E-state index in [4.69, 9.17) is 19.8 Å². The molecule has 0 fully saturated rings. The molecule has 0 atom stereocenters. The van der Waals surface area contributed by atoms with Gasteiger partial charge in [0.15, 0.2) is 0 Å². The van der Waals surface area contributed by atoms with Gasteiger partial charge in [-0.25, -0.2) is 0 Å². The van der Waals surface area contributed by atoms with E-state index >= 15 is 0 Å². The van der Waals surface area contributed by atoms with Crippen molar-refractivity contribution in [2.45, 2.75) is 0 Å². The van der Waals surface area contributed by atoms with Gasteiger partial charge in [-0.3, -0.25) is 0 Å². The van der Waals surface area contributed by atoms with Crippen molar-refractivity contribution in [1.29, 1.82) is 0 Å². The minimum atomic E-state index is -2.19. The molecule has 0 unspecified atom stereocenters. The zero-order valence-corrected chi connectivity index (χ0v) is 6.31. The summed E-state index contributed by atoms with van der Waals surface area (Å²) < 4.78 is 0. The van der Waals surface area contributed by atoms with E-state index < -0.39 is 11.9 Å². The summed E-state index contributed by atoms with van der Waals surface area (Å²) in [4.78, 5) is 17.9. The first-order valence-corrected chi connectivity index (χ1v) is 1.07. The molecule has 5 heteroatoms. The van der Waals surface area contributed by atoms with Crippen molar-refractivity contribution in [3.63, 3.8) is 0 Å². The fourth-order valence-corrected chi connectivity index (χ4v) is 0. The van der Waals surface area contributed by atoms with E-state index in [-0.39, 0.29) is 19.5 Å². The van der Waals surface area contributed by atoms with Crippen LogP contribution in [0.5, 0.6) is 0 Å². The smallest absolute Gasteiger partial charge is 0.543 e. The summed E-state index contributed by atoms with van der Waals surface area (Å²) >= 11 is 0. The van der Waals surface area contributed by atoms with E-state index in [1.165, 1.54) is 0 Å². The third-order valence-corrected chi connectivity index (χ3v) is 0.167. The summed E-state index contributed by atoms with van der Waals surface area (Å²) in [6.45, 7) is 0. The summed E-state index contributed by atoms with van der Waals surface area (Å²) in [7, 11) is 0. The molecule has 0 aliphatic carbocycles. The molecule has 0 heterocycles. The number of aliphatic carboxylic acids is 2. The fourth-order valence-electron chi connectivity index (χ4n) is 0. The molecule has 7 heavy (non-hydrogen) atoms. The van der Waals surface area contributed by atoms with Crippen LogP contribution in [0.4, 0.5) is 0 Å². The Balaban J connectivity index is 0. The van der Waals surface area contributed by atoms with Gasteiger partial charge in [-0.15, -0.1) is 0 Å². The molecule has 0 aliphatic rings. The van der Waals surface area contributed by atoms with E-state index in [1.807, 2.05) is 0 Å². The maximum atomic E-state index is 8.93. The van der Waals surface area contributed by atoms with Crippen molar-refractivity contribution < 1.29 is 39.3 Å².